The van der Waals surface area contributed by atoms with Crippen molar-refractivity contribution in [3.05, 3.63) is 41.5 Å². The number of carbonyl (C=O) groups excluding carboxylic acids is 7. The van der Waals surface area contributed by atoms with Gasteiger partial charge in [-0.2, -0.15) is 0 Å². The minimum Gasteiger partial charge on any atom is -0.481 e. The van der Waals surface area contributed by atoms with E-state index in [1.54, 1.807) is 25.1 Å². The van der Waals surface area contributed by atoms with E-state index in [0.29, 0.717) is 48.7 Å². The van der Waals surface area contributed by atoms with Crippen molar-refractivity contribution in [3.8, 4) is 0 Å². The molecule has 0 radical (unpaired) electrons. The van der Waals surface area contributed by atoms with Crippen LogP contribution in [-0.2, 0) is 33.6 Å². The number of aliphatic carboxylic acids is 2. The lowest BCUT2D eigenvalue weighted by Crippen LogP contribution is -2.52. The Kier molecular flexibility index (Phi) is 22.6. The van der Waals surface area contributed by atoms with Crippen LogP contribution in [0.4, 0.5) is 5.69 Å². The van der Waals surface area contributed by atoms with Gasteiger partial charge in [-0.25, -0.2) is 4.79 Å². The van der Waals surface area contributed by atoms with Gasteiger partial charge < -0.3 is 46.9 Å². The highest BCUT2D eigenvalue weighted by molar-refractivity contribution is 6.30. The number of hydrogen-bond donors (Lipinski definition) is 7. The number of amides is 4. The maximum absolute atomic E-state index is 13.9. The molecule has 17 heteroatoms. The summed E-state index contributed by atoms with van der Waals surface area (Å²) in [6, 6.07) is 5.08. The molecule has 0 spiro atoms. The summed E-state index contributed by atoms with van der Waals surface area (Å²) in [6.45, 7) is 1.80. The number of anilines is 1. The first kappa shape index (κ1) is 52.6. The second-order valence-corrected chi connectivity index (χ2v) is 16.9. The van der Waals surface area contributed by atoms with Gasteiger partial charge in [0.1, 0.15) is 17.9 Å². The van der Waals surface area contributed by atoms with Crippen LogP contribution in [0.5, 0.6) is 0 Å². The van der Waals surface area contributed by atoms with Gasteiger partial charge in [-0.05, 0) is 76.8 Å². The first-order valence-electron chi connectivity index (χ1n) is 22.7. The molecule has 2 aromatic carbocycles. The fourth-order valence-corrected chi connectivity index (χ4v) is 7.87. The van der Waals surface area contributed by atoms with E-state index in [-0.39, 0.29) is 63.2 Å². The fraction of sp³-hybridized carbons (Fsp3) is 0.596. The van der Waals surface area contributed by atoms with Gasteiger partial charge in [-0.1, -0.05) is 56.7 Å². The van der Waals surface area contributed by atoms with E-state index in [9.17, 15) is 48.3 Å². The summed E-state index contributed by atoms with van der Waals surface area (Å²) in [5.41, 5.74) is 7.85. The third-order valence-electron chi connectivity index (χ3n) is 11.5. The molecule has 64 heavy (non-hydrogen) atoms. The molecule has 0 bridgehead atoms. The first-order chi connectivity index (χ1) is 30.5. The zero-order valence-corrected chi connectivity index (χ0v) is 37.6. The molecule has 0 saturated carbocycles. The van der Waals surface area contributed by atoms with Gasteiger partial charge in [0.05, 0.1) is 12.0 Å². The number of nitrogens with zero attached hydrogens (tertiary/aromatic N) is 1. The summed E-state index contributed by atoms with van der Waals surface area (Å²) >= 11 is 0. The molecule has 1 unspecified atom stereocenters. The maximum atomic E-state index is 13.9. The van der Waals surface area contributed by atoms with Crippen molar-refractivity contribution in [2.75, 3.05) is 32.1 Å². The normalized spacial score (nSPS) is 14.6. The molecule has 4 atom stereocenters. The van der Waals surface area contributed by atoms with Crippen molar-refractivity contribution in [3.63, 3.8) is 0 Å². The van der Waals surface area contributed by atoms with E-state index in [1.807, 2.05) is 31.1 Å². The maximum Gasteiger partial charge on any atom is 0.326 e. The van der Waals surface area contributed by atoms with Gasteiger partial charge in [0.25, 0.3) is 0 Å². The molecule has 2 aromatic rings. The number of unbranched alkanes of at least 4 members (excludes halogenated alkanes) is 8. The average molecular weight is 893 g/mol. The third kappa shape index (κ3) is 17.5. The van der Waals surface area contributed by atoms with Gasteiger partial charge in [-0.15, -0.1) is 0 Å². The van der Waals surface area contributed by atoms with Gasteiger partial charge in [0.2, 0.25) is 23.6 Å². The van der Waals surface area contributed by atoms with Crippen LogP contribution in [0.15, 0.2) is 30.3 Å². The fourth-order valence-electron chi connectivity index (χ4n) is 7.87. The molecular weight excluding hydrogens is 825 g/mol. The Morgan fingerprint density at radius 2 is 1.27 bits per heavy atom. The van der Waals surface area contributed by atoms with E-state index >= 15 is 0 Å². The third-order valence-corrected chi connectivity index (χ3v) is 11.5. The molecule has 0 aromatic heterocycles. The van der Waals surface area contributed by atoms with E-state index in [1.165, 1.54) is 0 Å². The van der Waals surface area contributed by atoms with Crippen molar-refractivity contribution in [2.24, 2.45) is 11.7 Å². The Morgan fingerprint density at radius 1 is 0.641 bits per heavy atom. The van der Waals surface area contributed by atoms with Crippen molar-refractivity contribution in [1.82, 2.24) is 21.3 Å². The second-order valence-electron chi connectivity index (χ2n) is 16.9. The Morgan fingerprint density at radius 3 is 1.89 bits per heavy atom. The lowest BCUT2D eigenvalue weighted by atomic mass is 9.77. The average Bonchev–Trinajstić information content (AvgIpc) is 3.24. The number of carbonyl (C=O) groups is 9. The monoisotopic (exact) mass is 892 g/mol. The van der Waals surface area contributed by atoms with E-state index in [4.69, 9.17) is 10.8 Å². The lowest BCUT2D eigenvalue weighted by Gasteiger charge is -2.27. The summed E-state index contributed by atoms with van der Waals surface area (Å²) in [5.74, 6) is -6.22. The van der Waals surface area contributed by atoms with Crippen LogP contribution in [0, 0.1) is 5.92 Å². The summed E-state index contributed by atoms with van der Waals surface area (Å²) < 4.78 is 0. The van der Waals surface area contributed by atoms with Crippen LogP contribution in [0.2, 0.25) is 0 Å². The molecule has 0 saturated heterocycles. The summed E-state index contributed by atoms with van der Waals surface area (Å²) in [5, 5.41) is 30.3. The smallest absolute Gasteiger partial charge is 0.326 e. The molecule has 8 N–H and O–H groups in total. The summed E-state index contributed by atoms with van der Waals surface area (Å²) in [6.07, 6.45) is 9.69. The molecule has 17 nitrogen and oxygen atoms in total. The van der Waals surface area contributed by atoms with Gasteiger partial charge in [-0.3, -0.25) is 33.6 Å². The number of ketones is 3. The largest absolute Gasteiger partial charge is 0.481 e. The molecule has 0 fully saturated rings. The van der Waals surface area contributed by atoms with E-state index < -0.39 is 65.3 Å². The second kappa shape index (κ2) is 27.5. The SMILES string of the molecule is CC(=O)CCCCCCCCCCC(=O)NCCCC[C@H](N)C(=O)N[C@H](CCC1C(=O)c2cccc3c(N(C)C)ccc(c23)C1=O)C(=O)NCC[C@@H](NC(=O)CCCC(=O)O)C(=O)O. The van der Waals surface area contributed by atoms with Crippen molar-refractivity contribution in [1.29, 1.82) is 0 Å². The molecule has 0 heterocycles. The molecule has 1 aliphatic carbocycles. The number of carboxylic acids is 2. The number of benzene rings is 2. The number of hydrogen-bond acceptors (Lipinski definition) is 11. The molecule has 1 aliphatic rings. The molecule has 4 amide bonds. The minimum atomic E-state index is -1.40. The van der Waals surface area contributed by atoms with Crippen molar-refractivity contribution in [2.45, 2.75) is 147 Å². The van der Waals surface area contributed by atoms with E-state index in [2.05, 4.69) is 21.3 Å². The number of carboxylic acid groups (broad SMARTS) is 2. The number of Topliss-reactive ketones (excluding diaryl/α,β-unsaturated/α-hetero) is 3. The summed E-state index contributed by atoms with van der Waals surface area (Å²) in [7, 11) is 3.73. The number of nitrogens with two attached hydrogens (primary N) is 1. The Bertz CT molecular complexity index is 1950. The van der Waals surface area contributed by atoms with Crippen LogP contribution in [0.25, 0.3) is 10.8 Å². The summed E-state index contributed by atoms with van der Waals surface area (Å²) in [4.78, 5) is 115. The highest BCUT2D eigenvalue weighted by Crippen LogP contribution is 2.38. The standard InChI is InChI=1S/C47H68N6O11/c1-30(54)16-10-8-6-4-5-7-9-11-20-39(55)49-28-13-12-19-35(48)45(61)52-36(46(62)50-29-27-37(47(63)64)51-40(56)21-15-22-41(57)58)25-23-34-43(59)32-18-14-17-31-38(53(2)3)26-24-33(42(31)32)44(34)60/h14,17-18,24,26,34-37H,4-13,15-16,19-23,25,27-29,48H2,1-3H3,(H,49,55)(H,50,62)(H,51,56)(H,52,61)(H,57,58)(H,63,64)/t34?,35-,36+,37+/m0/s1. The van der Waals surface area contributed by atoms with Gasteiger partial charge >= 0.3 is 11.9 Å². The molecule has 3 rings (SSSR count). The molecule has 0 aliphatic heterocycles. The van der Waals surface area contributed by atoms with Crippen molar-refractivity contribution < 1.29 is 53.4 Å². The highest BCUT2D eigenvalue weighted by Gasteiger charge is 2.37. The van der Waals surface area contributed by atoms with Crippen LogP contribution >= 0.6 is 0 Å². The quantitative estimate of drug-likeness (QED) is 0.0392. The predicted octanol–water partition coefficient (Wildman–Crippen LogP) is 4.60. The van der Waals surface area contributed by atoms with Crippen LogP contribution in [0.3, 0.4) is 0 Å². The van der Waals surface area contributed by atoms with Crippen molar-refractivity contribution >= 4 is 69.4 Å². The predicted molar refractivity (Wildman–Crippen MR) is 242 cm³/mol. The highest BCUT2D eigenvalue weighted by atomic mass is 16.4. The van der Waals surface area contributed by atoms with Gasteiger partial charge in [0.15, 0.2) is 11.6 Å². The van der Waals surface area contributed by atoms with Crippen LogP contribution in [-0.4, -0.2) is 108 Å². The Balaban J connectivity index is 1.55. The van der Waals surface area contributed by atoms with Crippen LogP contribution in [0.1, 0.15) is 150 Å². The van der Waals surface area contributed by atoms with Crippen LogP contribution < -0.4 is 31.9 Å². The Labute approximate surface area is 375 Å². The number of nitrogens with one attached hydrogen (secondary N) is 4. The molecule has 352 valence electrons. The Hall–Kier alpha value is -5.71. The number of rotatable bonds is 32. The zero-order chi connectivity index (χ0) is 47.2. The first-order valence-corrected chi connectivity index (χ1v) is 22.7. The van der Waals surface area contributed by atoms with Gasteiger partial charge in [0, 0.05) is 80.5 Å². The minimum absolute atomic E-state index is 0.0156. The lowest BCUT2D eigenvalue weighted by molar-refractivity contribution is -0.142. The van der Waals surface area contributed by atoms with E-state index in [0.717, 1.165) is 62.4 Å². The zero-order valence-electron chi connectivity index (χ0n) is 37.6. The topological polar surface area (TPSA) is 271 Å². The molecular formula is C47H68N6O11.